The second-order valence-corrected chi connectivity index (χ2v) is 2.80. The SMILES string of the molecule is CCOC(=O)C=Cc1c[nH]c(=O)c(N)c1. The van der Waals surface area contributed by atoms with Gasteiger partial charge in [-0.25, -0.2) is 4.79 Å². The van der Waals surface area contributed by atoms with E-state index < -0.39 is 5.97 Å². The van der Waals surface area contributed by atoms with Gasteiger partial charge in [0.25, 0.3) is 5.56 Å². The molecular weight excluding hydrogens is 196 g/mol. The highest BCUT2D eigenvalue weighted by Crippen LogP contribution is 2.02. The van der Waals surface area contributed by atoms with Crippen molar-refractivity contribution in [3.8, 4) is 0 Å². The molecule has 5 nitrogen and oxygen atoms in total. The fourth-order valence-corrected chi connectivity index (χ4v) is 0.970. The van der Waals surface area contributed by atoms with Gasteiger partial charge in [0.05, 0.1) is 12.3 Å². The van der Waals surface area contributed by atoms with Crippen molar-refractivity contribution >= 4 is 17.7 Å². The van der Waals surface area contributed by atoms with E-state index in [4.69, 9.17) is 5.73 Å². The Morgan fingerprint density at radius 3 is 3.00 bits per heavy atom. The normalized spacial score (nSPS) is 10.5. The Hall–Kier alpha value is -2.04. The number of esters is 1. The first-order valence-electron chi connectivity index (χ1n) is 4.46. The highest BCUT2D eigenvalue weighted by molar-refractivity contribution is 5.87. The lowest BCUT2D eigenvalue weighted by Crippen LogP contribution is -2.10. The van der Waals surface area contributed by atoms with Crippen molar-refractivity contribution < 1.29 is 9.53 Å². The minimum absolute atomic E-state index is 0.112. The minimum Gasteiger partial charge on any atom is -0.463 e. The molecule has 5 heteroatoms. The molecule has 0 atom stereocenters. The molecule has 80 valence electrons. The summed E-state index contributed by atoms with van der Waals surface area (Å²) in [5.74, 6) is -0.428. The highest BCUT2D eigenvalue weighted by atomic mass is 16.5. The molecule has 3 N–H and O–H groups in total. The van der Waals surface area contributed by atoms with Crippen LogP contribution in [0.3, 0.4) is 0 Å². The van der Waals surface area contributed by atoms with Crippen LogP contribution < -0.4 is 11.3 Å². The largest absolute Gasteiger partial charge is 0.463 e. The Morgan fingerprint density at radius 2 is 2.40 bits per heavy atom. The number of H-pyrrole nitrogens is 1. The molecule has 1 rings (SSSR count). The Bertz CT molecular complexity index is 435. The standard InChI is InChI=1S/C10H12N2O3/c1-2-15-9(13)4-3-7-5-8(11)10(14)12-6-7/h3-6H,2,11H2,1H3,(H,12,14). The summed E-state index contributed by atoms with van der Waals surface area (Å²) in [7, 11) is 0. The first kappa shape index (κ1) is 11.0. The third kappa shape index (κ3) is 3.30. The van der Waals surface area contributed by atoms with E-state index in [0.717, 1.165) is 0 Å². The molecule has 0 aliphatic carbocycles. The monoisotopic (exact) mass is 208 g/mol. The van der Waals surface area contributed by atoms with Gasteiger partial charge in [0.2, 0.25) is 0 Å². The molecule has 0 fully saturated rings. The van der Waals surface area contributed by atoms with Crippen LogP contribution in [0, 0.1) is 0 Å². The Kier molecular flexibility index (Phi) is 3.68. The van der Waals surface area contributed by atoms with E-state index in [-0.39, 0.29) is 11.2 Å². The van der Waals surface area contributed by atoms with Gasteiger partial charge in [0.1, 0.15) is 0 Å². The Balaban J connectivity index is 2.77. The lowest BCUT2D eigenvalue weighted by molar-refractivity contribution is -0.137. The zero-order chi connectivity index (χ0) is 11.3. The first-order valence-corrected chi connectivity index (χ1v) is 4.46. The maximum atomic E-state index is 11.0. The summed E-state index contributed by atoms with van der Waals surface area (Å²) in [6.45, 7) is 2.06. The zero-order valence-corrected chi connectivity index (χ0v) is 8.32. The minimum atomic E-state index is -0.428. The maximum absolute atomic E-state index is 11.0. The topological polar surface area (TPSA) is 85.2 Å². The molecule has 1 aromatic heterocycles. The van der Waals surface area contributed by atoms with Gasteiger partial charge in [-0.05, 0) is 24.6 Å². The van der Waals surface area contributed by atoms with Gasteiger partial charge in [-0.3, -0.25) is 4.79 Å². The molecule has 0 spiro atoms. The lowest BCUT2D eigenvalue weighted by Gasteiger charge is -1.96. The number of nitrogen functional groups attached to an aromatic ring is 1. The Labute approximate surface area is 86.6 Å². The van der Waals surface area contributed by atoms with Crippen molar-refractivity contribution in [1.82, 2.24) is 4.98 Å². The molecule has 1 heterocycles. The van der Waals surface area contributed by atoms with Gasteiger partial charge in [-0.2, -0.15) is 0 Å². The quantitative estimate of drug-likeness (QED) is 0.560. The Morgan fingerprint density at radius 1 is 1.67 bits per heavy atom. The van der Waals surface area contributed by atoms with Gasteiger partial charge < -0.3 is 15.5 Å². The number of anilines is 1. The van der Waals surface area contributed by atoms with E-state index in [0.29, 0.717) is 12.2 Å². The van der Waals surface area contributed by atoms with Crippen LogP contribution in [0.5, 0.6) is 0 Å². The van der Waals surface area contributed by atoms with Gasteiger partial charge in [0.15, 0.2) is 0 Å². The van der Waals surface area contributed by atoms with Crippen molar-refractivity contribution in [2.75, 3.05) is 12.3 Å². The summed E-state index contributed by atoms with van der Waals surface area (Å²) in [5.41, 5.74) is 5.80. The molecule has 15 heavy (non-hydrogen) atoms. The molecule has 0 saturated carbocycles. The van der Waals surface area contributed by atoms with Gasteiger partial charge in [-0.1, -0.05) is 0 Å². The number of hydrogen-bond donors (Lipinski definition) is 2. The summed E-state index contributed by atoms with van der Waals surface area (Å²) < 4.78 is 4.69. The van der Waals surface area contributed by atoms with Gasteiger partial charge in [-0.15, -0.1) is 0 Å². The summed E-state index contributed by atoms with van der Waals surface area (Å²) in [6, 6.07) is 1.48. The number of nitrogens with two attached hydrogens (primary N) is 1. The molecular formula is C10H12N2O3. The lowest BCUT2D eigenvalue weighted by atomic mass is 10.2. The van der Waals surface area contributed by atoms with Crippen molar-refractivity contribution in [2.24, 2.45) is 0 Å². The molecule has 0 aliphatic heterocycles. The van der Waals surface area contributed by atoms with Crippen molar-refractivity contribution in [3.05, 3.63) is 34.3 Å². The molecule has 0 bridgehead atoms. The predicted molar refractivity (Wildman–Crippen MR) is 57.1 cm³/mol. The number of aromatic amines is 1. The summed E-state index contributed by atoms with van der Waals surface area (Å²) in [5, 5.41) is 0. The second kappa shape index (κ2) is 4.99. The van der Waals surface area contributed by atoms with Gasteiger partial charge in [0, 0.05) is 12.3 Å². The summed E-state index contributed by atoms with van der Waals surface area (Å²) in [6.07, 6.45) is 4.26. The highest BCUT2D eigenvalue weighted by Gasteiger charge is 1.96. The number of hydrogen-bond acceptors (Lipinski definition) is 4. The van der Waals surface area contributed by atoms with E-state index in [2.05, 4.69) is 9.72 Å². The molecule has 0 saturated heterocycles. The molecule has 0 aliphatic rings. The van der Waals surface area contributed by atoms with Crippen LogP contribution in [0.4, 0.5) is 5.69 Å². The van der Waals surface area contributed by atoms with Crippen LogP contribution in [0.2, 0.25) is 0 Å². The fourth-order valence-electron chi connectivity index (χ4n) is 0.970. The van der Waals surface area contributed by atoms with E-state index in [1.54, 1.807) is 6.92 Å². The number of carbonyl (C=O) groups excluding carboxylic acids is 1. The third-order valence-electron chi connectivity index (χ3n) is 1.65. The average Bonchev–Trinajstić information content (AvgIpc) is 2.20. The van der Waals surface area contributed by atoms with E-state index in [9.17, 15) is 9.59 Å². The number of aromatic nitrogens is 1. The number of ether oxygens (including phenoxy) is 1. The number of rotatable bonds is 3. The molecule has 0 amide bonds. The first-order chi connectivity index (χ1) is 7.13. The zero-order valence-electron chi connectivity index (χ0n) is 8.32. The third-order valence-corrected chi connectivity index (χ3v) is 1.65. The number of carbonyl (C=O) groups is 1. The van der Waals surface area contributed by atoms with Crippen LogP contribution >= 0.6 is 0 Å². The van der Waals surface area contributed by atoms with E-state index in [1.807, 2.05) is 0 Å². The smallest absolute Gasteiger partial charge is 0.330 e. The van der Waals surface area contributed by atoms with Crippen LogP contribution in [0.15, 0.2) is 23.1 Å². The number of pyridine rings is 1. The van der Waals surface area contributed by atoms with Crippen LogP contribution in [-0.4, -0.2) is 17.6 Å². The van der Waals surface area contributed by atoms with E-state index in [1.165, 1.54) is 24.4 Å². The molecule has 0 radical (unpaired) electrons. The van der Waals surface area contributed by atoms with E-state index >= 15 is 0 Å². The average molecular weight is 208 g/mol. The van der Waals surface area contributed by atoms with Crippen LogP contribution in [0.1, 0.15) is 12.5 Å². The molecule has 0 aromatic carbocycles. The summed E-state index contributed by atoms with van der Waals surface area (Å²) in [4.78, 5) is 24.3. The van der Waals surface area contributed by atoms with Crippen molar-refractivity contribution in [2.45, 2.75) is 6.92 Å². The predicted octanol–water partition coefficient (Wildman–Crippen LogP) is 0.533. The van der Waals surface area contributed by atoms with Crippen LogP contribution in [0.25, 0.3) is 6.08 Å². The van der Waals surface area contributed by atoms with Crippen LogP contribution in [-0.2, 0) is 9.53 Å². The molecule has 0 unspecified atom stereocenters. The van der Waals surface area contributed by atoms with Crippen molar-refractivity contribution in [3.63, 3.8) is 0 Å². The second-order valence-electron chi connectivity index (χ2n) is 2.80. The van der Waals surface area contributed by atoms with Crippen molar-refractivity contribution in [1.29, 1.82) is 0 Å². The number of nitrogens with one attached hydrogen (secondary N) is 1. The fraction of sp³-hybridized carbons (Fsp3) is 0.200. The summed E-state index contributed by atoms with van der Waals surface area (Å²) >= 11 is 0. The van der Waals surface area contributed by atoms with Gasteiger partial charge >= 0.3 is 5.97 Å². The maximum Gasteiger partial charge on any atom is 0.330 e. The molecule has 1 aromatic rings.